The van der Waals surface area contributed by atoms with E-state index < -0.39 is 69.6 Å². The van der Waals surface area contributed by atoms with Crippen LogP contribution in [0.1, 0.15) is 82.8 Å². The zero-order chi connectivity index (χ0) is 44.1. The van der Waals surface area contributed by atoms with Crippen LogP contribution in [0.3, 0.4) is 0 Å². The average molecular weight is 998 g/mol. The topological polar surface area (TPSA) is 0 Å². The van der Waals surface area contributed by atoms with Crippen molar-refractivity contribution in [2.24, 2.45) is 0 Å². The maximum Gasteiger partial charge on any atom is 0 e. The van der Waals surface area contributed by atoms with Gasteiger partial charge >= 0.3 is 379 Å². The Balaban J connectivity index is 0.00000620. The molecule has 0 N–H and O–H groups in total. The third kappa shape index (κ3) is 13.2. The van der Waals surface area contributed by atoms with E-state index in [1.165, 1.54) is 33.4 Å². The van der Waals surface area contributed by atoms with Crippen LogP contribution in [0, 0.1) is 0 Å². The van der Waals surface area contributed by atoms with Gasteiger partial charge in [-0.25, -0.2) is 0 Å². The molecule has 4 radical (unpaired) electrons. The first kappa shape index (κ1) is 56.3. The second-order valence-corrected chi connectivity index (χ2v) is 62.1. The molecule has 0 saturated carbocycles. The predicted molar refractivity (Wildman–Crippen MR) is 297 cm³/mol. The van der Waals surface area contributed by atoms with Crippen molar-refractivity contribution in [1.29, 1.82) is 0 Å². The molecule has 0 atom stereocenters. The van der Waals surface area contributed by atoms with E-state index in [2.05, 4.69) is 224 Å². The molecule has 4 rings (SSSR count). The molecule has 4 aromatic carbocycles. The fourth-order valence-corrected chi connectivity index (χ4v) is 56.6. The number of rotatable bonds is 15. The maximum atomic E-state index is 2.94. The Hall–Kier alpha value is 0.175. The summed E-state index contributed by atoms with van der Waals surface area (Å²) in [6.07, 6.45) is 0. The van der Waals surface area contributed by atoms with Gasteiger partial charge in [0.05, 0.1) is 0 Å². The summed E-state index contributed by atoms with van der Waals surface area (Å²) in [5.41, 5.74) is 14.3. The maximum absolute atomic E-state index is 2.94. The molecule has 0 heterocycles. The molecule has 0 bridgehead atoms. The first-order valence-electron chi connectivity index (χ1n) is 22.5. The van der Waals surface area contributed by atoms with Crippen LogP contribution in [0.5, 0.6) is 0 Å². The fourth-order valence-electron chi connectivity index (χ4n) is 12.0. The van der Waals surface area contributed by atoms with Crippen LogP contribution < -0.4 is 7.16 Å². The third-order valence-electron chi connectivity index (χ3n) is 12.4. The van der Waals surface area contributed by atoms with Crippen molar-refractivity contribution in [3.63, 3.8) is 0 Å². The Kier molecular flexibility index (Phi) is 19.5. The molecule has 318 valence electrons. The van der Waals surface area contributed by atoms with Crippen molar-refractivity contribution < 1.29 is 0 Å². The largest absolute Gasteiger partial charge is 0 e. The van der Waals surface area contributed by atoms with Gasteiger partial charge in [0.1, 0.15) is 0 Å². The van der Waals surface area contributed by atoms with Gasteiger partial charge in [0, 0.05) is 37.7 Å². The van der Waals surface area contributed by atoms with Crippen LogP contribution in [0.4, 0.5) is 0 Å². The van der Waals surface area contributed by atoms with Crippen LogP contribution >= 0.6 is 0 Å². The second kappa shape index (κ2) is 20.8. The molecule has 0 aromatic heterocycles. The van der Waals surface area contributed by atoms with Gasteiger partial charge in [0.2, 0.25) is 0 Å². The van der Waals surface area contributed by atoms with Gasteiger partial charge < -0.3 is 0 Å². The van der Waals surface area contributed by atoms with Crippen LogP contribution in [-0.4, -0.2) is 107 Å². The Morgan fingerprint density at radius 2 is 0.617 bits per heavy atom. The first-order chi connectivity index (χ1) is 26.3. The van der Waals surface area contributed by atoms with Crippen LogP contribution in [-0.2, 0) is 0 Å². The fraction of sp³-hybridized carbons (Fsp3) is 0.529. The molecular formula is C51H84Li2Si6Sn. The van der Waals surface area contributed by atoms with Crippen molar-refractivity contribution in [1.82, 2.24) is 0 Å². The third-order valence-corrected chi connectivity index (χ3v) is 44.9. The zero-order valence-corrected chi connectivity index (χ0v) is 52.2. The van der Waals surface area contributed by atoms with E-state index in [4.69, 9.17) is 0 Å². The molecular weight excluding hydrogens is 914 g/mol. The first-order valence-corrected chi connectivity index (χ1v) is 46.9. The average Bonchev–Trinajstić information content (AvgIpc) is 3.02. The second-order valence-electron chi connectivity index (χ2n) is 24.9. The van der Waals surface area contributed by atoms with Crippen molar-refractivity contribution in [2.45, 2.75) is 173 Å². The summed E-state index contributed by atoms with van der Waals surface area (Å²) in [6.45, 7) is 58.3. The molecule has 60 heavy (non-hydrogen) atoms. The smallest absolute Gasteiger partial charge is 0 e. The summed E-state index contributed by atoms with van der Waals surface area (Å²) in [4.78, 5) is 0. The molecule has 0 aliphatic carbocycles. The van der Waals surface area contributed by atoms with Crippen LogP contribution in [0.25, 0.3) is 22.3 Å². The summed E-state index contributed by atoms with van der Waals surface area (Å²) in [6, 6.07) is 32.1. The summed E-state index contributed by atoms with van der Waals surface area (Å²) >= 11 is -1.48. The molecule has 0 aliphatic rings. The molecule has 9 heteroatoms. The van der Waals surface area contributed by atoms with E-state index in [-0.39, 0.29) is 37.7 Å². The van der Waals surface area contributed by atoms with E-state index in [0.29, 0.717) is 22.2 Å². The van der Waals surface area contributed by atoms with Crippen LogP contribution in [0.2, 0.25) is 118 Å². The Labute approximate surface area is 412 Å². The van der Waals surface area contributed by atoms with Gasteiger partial charge in [-0.2, -0.15) is 0 Å². The Morgan fingerprint density at radius 3 is 0.900 bits per heavy atom. The Bertz CT molecular complexity index is 1890. The van der Waals surface area contributed by atoms with Gasteiger partial charge in [-0.3, -0.25) is 0 Å². The van der Waals surface area contributed by atoms with Gasteiger partial charge in [-0.1, -0.05) is 0 Å². The van der Waals surface area contributed by atoms with Crippen molar-refractivity contribution in [3.8, 4) is 22.3 Å². The quantitative estimate of drug-likeness (QED) is 0.104. The molecule has 0 nitrogen and oxygen atoms in total. The molecule has 0 unspecified atom stereocenters. The molecule has 0 spiro atoms. The summed E-state index contributed by atoms with van der Waals surface area (Å²) < 4.78 is 3.59. The van der Waals surface area contributed by atoms with Crippen molar-refractivity contribution in [2.75, 3.05) is 0 Å². The van der Waals surface area contributed by atoms with Crippen molar-refractivity contribution in [3.05, 3.63) is 107 Å². The molecule has 4 aromatic rings. The zero-order valence-electron chi connectivity index (χ0n) is 43.4. The van der Waals surface area contributed by atoms with Gasteiger partial charge in [0.25, 0.3) is 0 Å². The monoisotopic (exact) mass is 998 g/mol. The minimum absolute atomic E-state index is 0. The summed E-state index contributed by atoms with van der Waals surface area (Å²) in [5, 5.41) is 2.12. The number of hydrogen-bond acceptors (Lipinski definition) is 0. The van der Waals surface area contributed by atoms with E-state index in [9.17, 15) is 0 Å². The normalized spacial score (nSPS) is 13.4. The van der Waals surface area contributed by atoms with E-state index in [1.54, 1.807) is 9.14 Å². The minimum atomic E-state index is -1.68. The standard InChI is InChI=1S/C27H59Si6.C24H25.2Li.Sn/c1-28(2,3)25(29(4,5)6)22-19-23(26(30(7,8)9)31(10,11)12)21-24(20-22)27(32(13,14)15)33(16,17)18;1-17(2)21-12-5-7-14-23(21)19-10-9-11-20(16-19)24-15-8-6-13-22(24)18(3)4;;;/h19-20,25-27H,1-18H3;5-15,17-18H,1-4H3;;;. The predicted octanol–water partition coefficient (Wildman–Crippen LogP) is 14.7. The van der Waals surface area contributed by atoms with Gasteiger partial charge in [-0.15, -0.1) is 0 Å². The summed E-state index contributed by atoms with van der Waals surface area (Å²) in [5.74, 6) is 0.913. The van der Waals surface area contributed by atoms with E-state index in [0.717, 1.165) is 5.16 Å². The summed E-state index contributed by atoms with van der Waals surface area (Å²) in [7, 11) is -9.86. The molecule has 0 saturated heterocycles. The molecule has 0 amide bonds. The van der Waals surface area contributed by atoms with Gasteiger partial charge in [0.15, 0.2) is 0 Å². The SMILES string of the molecule is CC(C)c1ccccc1-c1cccc(-c2ccccc2C(C)C)[c]1[Sn][c]1c(C([Si](C)(C)C)[Si](C)(C)C)cc(C([Si](C)(C)C)[Si](C)(C)C)cc1C([Si](C)(C)C)[Si](C)(C)C.[Li].[Li]. The molecule has 0 fully saturated rings. The molecule has 0 aliphatic heterocycles. The Morgan fingerprint density at radius 1 is 0.333 bits per heavy atom. The number of hydrogen-bond donors (Lipinski definition) is 0. The van der Waals surface area contributed by atoms with E-state index >= 15 is 0 Å². The van der Waals surface area contributed by atoms with Gasteiger partial charge in [-0.05, 0) is 0 Å². The number of benzene rings is 4. The van der Waals surface area contributed by atoms with E-state index in [1.807, 2.05) is 14.7 Å². The van der Waals surface area contributed by atoms with Crippen LogP contribution in [0.15, 0.2) is 78.9 Å². The van der Waals surface area contributed by atoms with Crippen molar-refractivity contribution >= 4 is 114 Å². The minimum Gasteiger partial charge on any atom is 0 e.